The summed E-state index contributed by atoms with van der Waals surface area (Å²) in [6, 6.07) is 12.3. The summed E-state index contributed by atoms with van der Waals surface area (Å²) in [5.41, 5.74) is 1.45. The zero-order valence-electron chi connectivity index (χ0n) is 13.0. The highest BCUT2D eigenvalue weighted by atomic mass is 16.5. The van der Waals surface area contributed by atoms with E-state index in [2.05, 4.69) is 10.2 Å². The van der Waals surface area contributed by atoms with E-state index < -0.39 is 5.63 Å². The van der Waals surface area contributed by atoms with Gasteiger partial charge < -0.3 is 13.9 Å². The molecule has 0 radical (unpaired) electrons. The Morgan fingerprint density at radius 3 is 2.42 bits per heavy atom. The summed E-state index contributed by atoms with van der Waals surface area (Å²) in [7, 11) is 3.14. The lowest BCUT2D eigenvalue weighted by Gasteiger charge is -2.03. The Hall–Kier alpha value is -3.35. The molecule has 0 spiro atoms. The third-order valence-electron chi connectivity index (χ3n) is 3.73. The summed E-state index contributed by atoms with van der Waals surface area (Å²) in [6.45, 7) is 0. The maximum atomic E-state index is 12.3. The lowest BCUT2D eigenvalue weighted by atomic mass is 10.2. The van der Waals surface area contributed by atoms with Crippen molar-refractivity contribution in [3.8, 4) is 17.2 Å². The molecule has 4 rings (SSSR count). The zero-order chi connectivity index (χ0) is 16.7. The number of benzene rings is 2. The number of hydrogen-bond donors (Lipinski definition) is 0. The van der Waals surface area contributed by atoms with Gasteiger partial charge in [0.05, 0.1) is 14.2 Å². The van der Waals surface area contributed by atoms with Crippen molar-refractivity contribution in [3.63, 3.8) is 0 Å². The van der Waals surface area contributed by atoms with Crippen molar-refractivity contribution in [3.05, 3.63) is 52.9 Å². The van der Waals surface area contributed by atoms with Crippen molar-refractivity contribution in [2.75, 3.05) is 14.2 Å². The van der Waals surface area contributed by atoms with Crippen LogP contribution in [0.4, 0.5) is 0 Å². The number of ether oxygens (including phenoxy) is 2. The van der Waals surface area contributed by atoms with Crippen LogP contribution in [0.1, 0.15) is 0 Å². The highest BCUT2D eigenvalue weighted by molar-refractivity contribution is 5.80. The summed E-state index contributed by atoms with van der Waals surface area (Å²) in [6.07, 6.45) is 0. The van der Waals surface area contributed by atoms with Crippen LogP contribution in [0.15, 0.2) is 51.7 Å². The molecule has 7 nitrogen and oxygen atoms in total. The quantitative estimate of drug-likeness (QED) is 0.539. The Bertz CT molecular complexity index is 1110. The first-order valence-electron chi connectivity index (χ1n) is 7.21. The van der Waals surface area contributed by atoms with Gasteiger partial charge in [0, 0.05) is 17.5 Å². The van der Waals surface area contributed by atoms with Crippen LogP contribution in [0.3, 0.4) is 0 Å². The van der Waals surface area contributed by atoms with Gasteiger partial charge in [-0.05, 0) is 30.3 Å². The first kappa shape index (κ1) is 14.3. The summed E-state index contributed by atoms with van der Waals surface area (Å²) in [4.78, 5) is 13.6. The van der Waals surface area contributed by atoms with Crippen molar-refractivity contribution >= 4 is 22.0 Å². The van der Waals surface area contributed by atoms with Gasteiger partial charge in [0.25, 0.3) is 0 Å². The molecule has 0 fully saturated rings. The molecule has 7 heteroatoms. The van der Waals surface area contributed by atoms with Gasteiger partial charge in [0.1, 0.15) is 28.1 Å². The molecule has 0 amide bonds. The normalized spacial score (nSPS) is 11.1. The predicted molar refractivity (Wildman–Crippen MR) is 88.0 cm³/mol. The van der Waals surface area contributed by atoms with Crippen molar-refractivity contribution in [1.29, 1.82) is 0 Å². The van der Waals surface area contributed by atoms with Gasteiger partial charge in [0.2, 0.25) is 0 Å². The van der Waals surface area contributed by atoms with E-state index in [1.165, 1.54) is 4.80 Å². The SMILES string of the molecule is COc1ccc2nn(-c3cc4ccc(OC)cc4oc3=O)nc2c1. The second kappa shape index (κ2) is 5.38. The molecule has 0 aliphatic rings. The van der Waals surface area contributed by atoms with Crippen molar-refractivity contribution in [1.82, 2.24) is 15.0 Å². The minimum absolute atomic E-state index is 0.239. The second-order valence-electron chi connectivity index (χ2n) is 5.17. The van der Waals surface area contributed by atoms with E-state index >= 15 is 0 Å². The molecule has 0 N–H and O–H groups in total. The average molecular weight is 323 g/mol. The summed E-state index contributed by atoms with van der Waals surface area (Å²) in [5, 5.41) is 9.41. The molecule has 0 unspecified atom stereocenters. The minimum Gasteiger partial charge on any atom is -0.497 e. The smallest absolute Gasteiger partial charge is 0.364 e. The van der Waals surface area contributed by atoms with Crippen LogP contribution in [0.5, 0.6) is 11.5 Å². The van der Waals surface area contributed by atoms with Gasteiger partial charge in [-0.1, -0.05) is 0 Å². The number of methoxy groups -OCH3 is 2. The van der Waals surface area contributed by atoms with Crippen molar-refractivity contribution < 1.29 is 13.9 Å². The lowest BCUT2D eigenvalue weighted by Crippen LogP contribution is -2.12. The number of hydrogen-bond acceptors (Lipinski definition) is 6. The van der Waals surface area contributed by atoms with E-state index in [0.29, 0.717) is 28.1 Å². The molecule has 0 aliphatic heterocycles. The van der Waals surface area contributed by atoms with Crippen LogP contribution in [-0.4, -0.2) is 29.2 Å². The van der Waals surface area contributed by atoms with Gasteiger partial charge in [-0.25, -0.2) is 4.79 Å². The third-order valence-corrected chi connectivity index (χ3v) is 3.73. The molecule has 0 atom stereocenters. The summed E-state index contributed by atoms with van der Waals surface area (Å²) < 4.78 is 15.7. The molecule has 24 heavy (non-hydrogen) atoms. The molecule has 0 saturated heterocycles. The van der Waals surface area contributed by atoms with Crippen LogP contribution in [0, 0.1) is 0 Å². The van der Waals surface area contributed by atoms with Crippen LogP contribution in [0.25, 0.3) is 27.7 Å². The molecule has 120 valence electrons. The number of rotatable bonds is 3. The lowest BCUT2D eigenvalue weighted by molar-refractivity contribution is 0.414. The fourth-order valence-electron chi connectivity index (χ4n) is 2.48. The van der Waals surface area contributed by atoms with Crippen molar-refractivity contribution in [2.45, 2.75) is 0 Å². The highest BCUT2D eigenvalue weighted by Gasteiger charge is 2.12. The predicted octanol–water partition coefficient (Wildman–Crippen LogP) is 2.54. The first-order chi connectivity index (χ1) is 11.7. The van der Waals surface area contributed by atoms with E-state index in [9.17, 15) is 4.79 Å². The number of aromatic nitrogens is 3. The maximum Gasteiger partial charge on any atom is 0.364 e. The Morgan fingerprint density at radius 2 is 1.62 bits per heavy atom. The van der Waals surface area contributed by atoms with Gasteiger partial charge in [0.15, 0.2) is 5.69 Å². The topological polar surface area (TPSA) is 79.4 Å². The Kier molecular flexibility index (Phi) is 3.19. The largest absolute Gasteiger partial charge is 0.497 e. The van der Waals surface area contributed by atoms with Crippen molar-refractivity contribution in [2.24, 2.45) is 0 Å². The van der Waals surface area contributed by atoms with Crippen LogP contribution in [-0.2, 0) is 0 Å². The second-order valence-corrected chi connectivity index (χ2v) is 5.17. The number of fused-ring (bicyclic) bond motifs is 2. The van der Waals surface area contributed by atoms with E-state index in [4.69, 9.17) is 13.9 Å². The molecule has 0 bridgehead atoms. The molecule has 2 aromatic carbocycles. The van der Waals surface area contributed by atoms with Gasteiger partial charge in [-0.15, -0.1) is 15.0 Å². The fourth-order valence-corrected chi connectivity index (χ4v) is 2.48. The standard InChI is InChI=1S/C17H13N3O4/c1-22-11-5-6-13-14(8-11)19-20(18-13)15-7-10-3-4-12(23-2)9-16(10)24-17(15)21/h3-9H,1-2H3. The summed E-state index contributed by atoms with van der Waals surface area (Å²) in [5.74, 6) is 1.29. The van der Waals surface area contributed by atoms with E-state index in [1.807, 2.05) is 6.07 Å². The van der Waals surface area contributed by atoms with Gasteiger partial charge in [-0.2, -0.15) is 0 Å². The number of nitrogens with zero attached hydrogens (tertiary/aromatic N) is 3. The van der Waals surface area contributed by atoms with E-state index in [-0.39, 0.29) is 5.69 Å². The van der Waals surface area contributed by atoms with E-state index in [0.717, 1.165) is 5.39 Å². The highest BCUT2D eigenvalue weighted by Crippen LogP contribution is 2.22. The molecular weight excluding hydrogens is 310 g/mol. The molecule has 0 saturated carbocycles. The van der Waals surface area contributed by atoms with E-state index in [1.54, 1.807) is 50.6 Å². The molecular formula is C17H13N3O4. The van der Waals surface area contributed by atoms with Crippen LogP contribution in [0.2, 0.25) is 0 Å². The minimum atomic E-state index is -0.525. The molecule has 2 heterocycles. The van der Waals surface area contributed by atoms with Gasteiger partial charge in [-0.3, -0.25) is 0 Å². The van der Waals surface area contributed by atoms with Crippen LogP contribution < -0.4 is 15.1 Å². The first-order valence-corrected chi connectivity index (χ1v) is 7.21. The summed E-state index contributed by atoms with van der Waals surface area (Å²) >= 11 is 0. The van der Waals surface area contributed by atoms with Gasteiger partial charge >= 0.3 is 5.63 Å². The molecule has 4 aromatic rings. The Balaban J connectivity index is 1.89. The monoisotopic (exact) mass is 323 g/mol. The Labute approximate surface area is 136 Å². The Morgan fingerprint density at radius 1 is 0.917 bits per heavy atom. The maximum absolute atomic E-state index is 12.3. The van der Waals surface area contributed by atoms with Crippen LogP contribution >= 0.6 is 0 Å². The third kappa shape index (κ3) is 2.26. The zero-order valence-corrected chi connectivity index (χ0v) is 13.0. The fraction of sp³-hybridized carbons (Fsp3) is 0.118. The molecule has 2 aromatic heterocycles. The average Bonchev–Trinajstić information content (AvgIpc) is 3.03. The molecule has 0 aliphatic carbocycles.